The summed E-state index contributed by atoms with van der Waals surface area (Å²) in [6.07, 6.45) is 2.22. The Bertz CT molecular complexity index is 159. The second-order valence-electron chi connectivity index (χ2n) is 3.45. The Morgan fingerprint density at radius 1 is 1.75 bits per heavy atom. The first-order valence-corrected chi connectivity index (χ1v) is 4.45. The van der Waals surface area contributed by atoms with Crippen LogP contribution in [0.3, 0.4) is 0 Å². The van der Waals surface area contributed by atoms with E-state index in [4.69, 9.17) is 10.5 Å². The van der Waals surface area contributed by atoms with Gasteiger partial charge in [-0.2, -0.15) is 0 Å². The fraction of sp³-hybridized carbons (Fsp3) is 0.778. The molecule has 1 aliphatic heterocycles. The molecule has 3 nitrogen and oxygen atoms in total. The summed E-state index contributed by atoms with van der Waals surface area (Å²) < 4.78 is 5.52. The van der Waals surface area contributed by atoms with Gasteiger partial charge in [-0.15, -0.1) is 0 Å². The summed E-state index contributed by atoms with van der Waals surface area (Å²) >= 11 is 0. The molecule has 2 unspecified atom stereocenters. The molecule has 12 heavy (non-hydrogen) atoms. The Balaban J connectivity index is 2.24. The molecule has 3 N–H and O–H groups in total. The quantitative estimate of drug-likeness (QED) is 0.610. The molecule has 0 aromatic heterocycles. The number of hydrogen-bond donors (Lipinski definition) is 2. The highest BCUT2D eigenvalue weighted by molar-refractivity contribution is 4.89. The third-order valence-corrected chi connectivity index (χ3v) is 1.96. The lowest BCUT2D eigenvalue weighted by Gasteiger charge is -2.29. The van der Waals surface area contributed by atoms with Crippen molar-refractivity contribution in [1.29, 1.82) is 0 Å². The van der Waals surface area contributed by atoms with E-state index in [2.05, 4.69) is 11.9 Å². The Labute approximate surface area is 74.0 Å². The summed E-state index contributed by atoms with van der Waals surface area (Å²) in [4.78, 5) is 0. The third-order valence-electron chi connectivity index (χ3n) is 1.96. The Kier molecular flexibility index (Phi) is 3.72. The van der Waals surface area contributed by atoms with Crippen molar-refractivity contribution in [2.24, 2.45) is 5.73 Å². The highest BCUT2D eigenvalue weighted by Crippen LogP contribution is 2.07. The minimum Gasteiger partial charge on any atom is -0.357 e. The van der Waals surface area contributed by atoms with E-state index >= 15 is 0 Å². The average molecular weight is 170 g/mol. The molecule has 0 radical (unpaired) electrons. The Morgan fingerprint density at radius 3 is 3.08 bits per heavy atom. The van der Waals surface area contributed by atoms with Gasteiger partial charge in [-0.25, -0.2) is 0 Å². The van der Waals surface area contributed by atoms with Crippen molar-refractivity contribution >= 4 is 0 Å². The molecular formula is C9H18N2O. The fourth-order valence-corrected chi connectivity index (χ4v) is 1.30. The molecule has 0 saturated carbocycles. The van der Waals surface area contributed by atoms with Crippen LogP contribution in [-0.2, 0) is 4.74 Å². The van der Waals surface area contributed by atoms with E-state index in [-0.39, 0.29) is 12.3 Å². The van der Waals surface area contributed by atoms with Gasteiger partial charge in [0.15, 0.2) is 0 Å². The van der Waals surface area contributed by atoms with E-state index < -0.39 is 0 Å². The number of hydrogen-bond acceptors (Lipinski definition) is 3. The molecule has 0 spiro atoms. The molecule has 1 heterocycles. The first-order chi connectivity index (χ1) is 5.70. The molecule has 0 aromatic rings. The van der Waals surface area contributed by atoms with E-state index in [9.17, 15) is 0 Å². The maximum absolute atomic E-state index is 5.85. The van der Waals surface area contributed by atoms with Crippen LogP contribution < -0.4 is 11.1 Å². The van der Waals surface area contributed by atoms with Crippen LogP contribution >= 0.6 is 0 Å². The second-order valence-corrected chi connectivity index (χ2v) is 3.45. The van der Waals surface area contributed by atoms with Crippen molar-refractivity contribution in [2.75, 3.05) is 13.2 Å². The minimum absolute atomic E-state index is 0.0236. The average Bonchev–Trinajstić information content (AvgIpc) is 2.03. The number of nitrogens with two attached hydrogens (primary N) is 1. The van der Waals surface area contributed by atoms with Crippen molar-refractivity contribution in [3.8, 4) is 0 Å². The summed E-state index contributed by atoms with van der Waals surface area (Å²) in [5.74, 6) is 0. The number of nitrogens with one attached hydrogen (secondary N) is 1. The molecule has 0 bridgehead atoms. The normalized spacial score (nSPS) is 30.2. The van der Waals surface area contributed by atoms with Gasteiger partial charge in [-0.05, 0) is 26.3 Å². The molecule has 70 valence electrons. The smallest absolute Gasteiger partial charge is 0.123 e. The van der Waals surface area contributed by atoms with Crippen molar-refractivity contribution in [3.05, 3.63) is 12.2 Å². The van der Waals surface area contributed by atoms with E-state index in [1.54, 1.807) is 0 Å². The van der Waals surface area contributed by atoms with Crippen LogP contribution in [0.5, 0.6) is 0 Å². The van der Waals surface area contributed by atoms with Crippen LogP contribution in [0.2, 0.25) is 0 Å². The van der Waals surface area contributed by atoms with Crippen LogP contribution in [0.25, 0.3) is 0 Å². The van der Waals surface area contributed by atoms with Gasteiger partial charge < -0.3 is 10.5 Å². The number of rotatable bonds is 3. The largest absolute Gasteiger partial charge is 0.357 e. The van der Waals surface area contributed by atoms with E-state index in [1.807, 2.05) is 6.92 Å². The van der Waals surface area contributed by atoms with Crippen LogP contribution in [0.1, 0.15) is 19.8 Å². The summed E-state index contributed by atoms with van der Waals surface area (Å²) in [5, 5.41) is 3.24. The third kappa shape index (κ3) is 2.93. The van der Waals surface area contributed by atoms with Crippen LogP contribution in [0, 0.1) is 0 Å². The highest BCUT2D eigenvalue weighted by Gasteiger charge is 2.21. The SMILES string of the molecule is C=C(C)COC1NCCCC1N. The Morgan fingerprint density at radius 2 is 2.50 bits per heavy atom. The van der Waals surface area contributed by atoms with Crippen molar-refractivity contribution in [1.82, 2.24) is 5.32 Å². The van der Waals surface area contributed by atoms with Gasteiger partial charge in [0, 0.05) is 6.04 Å². The van der Waals surface area contributed by atoms with Crippen molar-refractivity contribution < 1.29 is 4.74 Å². The zero-order valence-corrected chi connectivity index (χ0v) is 7.68. The van der Waals surface area contributed by atoms with Gasteiger partial charge >= 0.3 is 0 Å². The van der Waals surface area contributed by atoms with Crippen LogP contribution in [0.15, 0.2) is 12.2 Å². The molecule has 2 atom stereocenters. The lowest BCUT2D eigenvalue weighted by Crippen LogP contribution is -2.51. The first-order valence-electron chi connectivity index (χ1n) is 4.45. The van der Waals surface area contributed by atoms with Gasteiger partial charge in [-0.3, -0.25) is 5.32 Å². The number of ether oxygens (including phenoxy) is 1. The molecule has 0 amide bonds. The van der Waals surface area contributed by atoms with Gasteiger partial charge in [-0.1, -0.05) is 12.2 Å². The predicted molar refractivity (Wildman–Crippen MR) is 49.8 cm³/mol. The molecule has 1 fully saturated rings. The topological polar surface area (TPSA) is 47.3 Å². The van der Waals surface area contributed by atoms with Gasteiger partial charge in [0.25, 0.3) is 0 Å². The maximum Gasteiger partial charge on any atom is 0.123 e. The lowest BCUT2D eigenvalue weighted by molar-refractivity contribution is 0.0118. The van der Waals surface area contributed by atoms with E-state index in [0.29, 0.717) is 6.61 Å². The van der Waals surface area contributed by atoms with Crippen molar-refractivity contribution in [3.63, 3.8) is 0 Å². The first kappa shape index (κ1) is 9.71. The number of piperidine rings is 1. The van der Waals surface area contributed by atoms with Crippen LogP contribution in [0.4, 0.5) is 0 Å². The van der Waals surface area contributed by atoms with Gasteiger partial charge in [0.1, 0.15) is 6.23 Å². The predicted octanol–water partition coefficient (Wildman–Crippen LogP) is 0.616. The second kappa shape index (κ2) is 4.60. The van der Waals surface area contributed by atoms with E-state index in [1.165, 1.54) is 0 Å². The van der Waals surface area contributed by atoms with Gasteiger partial charge in [0.05, 0.1) is 6.61 Å². The molecule has 0 aliphatic carbocycles. The molecular weight excluding hydrogens is 152 g/mol. The summed E-state index contributed by atoms with van der Waals surface area (Å²) in [7, 11) is 0. The molecule has 1 saturated heterocycles. The zero-order chi connectivity index (χ0) is 8.97. The highest BCUT2D eigenvalue weighted by atomic mass is 16.5. The van der Waals surface area contributed by atoms with Gasteiger partial charge in [0.2, 0.25) is 0 Å². The summed E-state index contributed by atoms with van der Waals surface area (Å²) in [6.45, 7) is 7.33. The molecule has 1 rings (SSSR count). The fourth-order valence-electron chi connectivity index (χ4n) is 1.30. The van der Waals surface area contributed by atoms with Crippen molar-refractivity contribution in [2.45, 2.75) is 32.0 Å². The molecule has 0 aromatic carbocycles. The van der Waals surface area contributed by atoms with E-state index in [0.717, 1.165) is 25.0 Å². The molecule has 3 heteroatoms. The summed E-state index contributed by atoms with van der Waals surface area (Å²) in [6, 6.07) is 0.137. The maximum atomic E-state index is 5.85. The minimum atomic E-state index is 0.0236. The lowest BCUT2D eigenvalue weighted by atomic mass is 10.1. The Hall–Kier alpha value is -0.380. The summed E-state index contributed by atoms with van der Waals surface area (Å²) in [5.41, 5.74) is 6.88. The zero-order valence-electron chi connectivity index (χ0n) is 7.68. The monoisotopic (exact) mass is 170 g/mol. The molecule has 1 aliphatic rings. The standard InChI is InChI=1S/C9H18N2O/c1-7(2)6-12-9-8(10)4-3-5-11-9/h8-9,11H,1,3-6,10H2,2H3. The van der Waals surface area contributed by atoms with Crippen LogP contribution in [-0.4, -0.2) is 25.4 Å².